The molecule has 1 amide bonds. The van der Waals surface area contributed by atoms with Crippen LogP contribution in [0.3, 0.4) is 0 Å². The van der Waals surface area contributed by atoms with Gasteiger partial charge < -0.3 is 10.5 Å². The summed E-state index contributed by atoms with van der Waals surface area (Å²) in [7, 11) is 0. The molecule has 0 bridgehead atoms. The van der Waals surface area contributed by atoms with E-state index in [9.17, 15) is 4.79 Å². The van der Waals surface area contributed by atoms with Crippen molar-refractivity contribution >= 4 is 11.8 Å². The van der Waals surface area contributed by atoms with E-state index in [0.29, 0.717) is 12.2 Å². The van der Waals surface area contributed by atoms with Gasteiger partial charge in [-0.05, 0) is 44.0 Å². The lowest BCUT2D eigenvalue weighted by atomic mass is 10.0. The number of hydrogen-bond acceptors (Lipinski definition) is 4. The Morgan fingerprint density at radius 3 is 2.85 bits per heavy atom. The van der Waals surface area contributed by atoms with E-state index < -0.39 is 11.7 Å². The molecule has 5 nitrogen and oxygen atoms in total. The molecule has 106 valence electrons. The van der Waals surface area contributed by atoms with Gasteiger partial charge in [-0.25, -0.2) is 4.79 Å². The number of fused-ring (bicyclic) bond motifs is 1. The van der Waals surface area contributed by atoms with E-state index >= 15 is 0 Å². The largest absolute Gasteiger partial charge is 0.444 e. The van der Waals surface area contributed by atoms with Crippen molar-refractivity contribution in [2.45, 2.75) is 45.4 Å². The molecule has 2 N–H and O–H groups in total. The molecule has 0 saturated carbocycles. The van der Waals surface area contributed by atoms with Gasteiger partial charge in [-0.15, -0.1) is 0 Å². The van der Waals surface area contributed by atoms with Gasteiger partial charge in [0.1, 0.15) is 5.60 Å². The predicted octanol–water partition coefficient (Wildman–Crippen LogP) is 2.97. The number of nitriles is 1. The maximum Gasteiger partial charge on any atom is 0.411 e. The topological polar surface area (TPSA) is 79.3 Å². The summed E-state index contributed by atoms with van der Waals surface area (Å²) < 4.78 is 5.41. The van der Waals surface area contributed by atoms with Crippen molar-refractivity contribution in [2.75, 3.05) is 5.73 Å². The van der Waals surface area contributed by atoms with Gasteiger partial charge in [0.25, 0.3) is 0 Å². The number of benzene rings is 1. The molecule has 1 heterocycles. The fourth-order valence-corrected chi connectivity index (χ4v) is 2.37. The van der Waals surface area contributed by atoms with E-state index in [1.165, 1.54) is 0 Å². The van der Waals surface area contributed by atoms with E-state index in [4.69, 9.17) is 15.7 Å². The third-order valence-electron chi connectivity index (χ3n) is 3.16. The molecule has 1 aromatic carbocycles. The smallest absolute Gasteiger partial charge is 0.411 e. The van der Waals surface area contributed by atoms with Crippen molar-refractivity contribution in [2.24, 2.45) is 0 Å². The van der Waals surface area contributed by atoms with Gasteiger partial charge in [-0.2, -0.15) is 5.26 Å². The molecule has 0 fully saturated rings. The van der Waals surface area contributed by atoms with Crippen LogP contribution in [-0.2, 0) is 11.3 Å². The Kier molecular flexibility index (Phi) is 3.58. The standard InChI is InChI=1S/C15H19N3O2/c1-15(2,3)20-14(19)18-9-10-8-11(17)4-5-12(10)13(18)6-7-16/h4-5,8,13H,6,9,17H2,1-3H3. The summed E-state index contributed by atoms with van der Waals surface area (Å²) in [4.78, 5) is 13.9. The molecule has 1 aromatic rings. The number of rotatable bonds is 1. The molecule has 20 heavy (non-hydrogen) atoms. The van der Waals surface area contributed by atoms with Crippen LogP contribution in [-0.4, -0.2) is 16.6 Å². The highest BCUT2D eigenvalue weighted by Crippen LogP contribution is 2.37. The van der Waals surface area contributed by atoms with Gasteiger partial charge >= 0.3 is 6.09 Å². The molecule has 1 unspecified atom stereocenters. The summed E-state index contributed by atoms with van der Waals surface area (Å²) in [5.74, 6) is 0. The normalized spacial score (nSPS) is 17.5. The Balaban J connectivity index is 2.28. The highest BCUT2D eigenvalue weighted by molar-refractivity contribution is 5.70. The number of nitrogens with two attached hydrogens (primary N) is 1. The fraction of sp³-hybridized carbons (Fsp3) is 0.467. The lowest BCUT2D eigenvalue weighted by Crippen LogP contribution is -2.35. The first kappa shape index (κ1) is 14.2. The summed E-state index contributed by atoms with van der Waals surface area (Å²) in [6.07, 6.45) is -0.150. The summed E-state index contributed by atoms with van der Waals surface area (Å²) in [6, 6.07) is 7.40. The molecular formula is C15H19N3O2. The quantitative estimate of drug-likeness (QED) is 0.798. The number of nitrogen functional groups attached to an aromatic ring is 1. The third kappa shape index (κ3) is 2.85. The Morgan fingerprint density at radius 2 is 2.25 bits per heavy atom. The Labute approximate surface area is 118 Å². The van der Waals surface area contributed by atoms with E-state index in [-0.39, 0.29) is 12.5 Å². The van der Waals surface area contributed by atoms with Gasteiger partial charge in [-0.1, -0.05) is 6.07 Å². The fourth-order valence-electron chi connectivity index (χ4n) is 2.37. The van der Waals surface area contributed by atoms with Crippen LogP contribution in [0.15, 0.2) is 18.2 Å². The zero-order chi connectivity index (χ0) is 14.9. The summed E-state index contributed by atoms with van der Waals surface area (Å²) in [5, 5.41) is 8.99. The number of nitrogens with zero attached hydrogens (tertiary/aromatic N) is 2. The van der Waals surface area contributed by atoms with E-state index in [1.54, 1.807) is 11.0 Å². The predicted molar refractivity (Wildman–Crippen MR) is 75.6 cm³/mol. The Bertz CT molecular complexity index is 569. The zero-order valence-electron chi connectivity index (χ0n) is 12.0. The first-order chi connectivity index (χ1) is 9.31. The third-order valence-corrected chi connectivity index (χ3v) is 3.16. The number of amides is 1. The van der Waals surface area contributed by atoms with Crippen molar-refractivity contribution in [1.29, 1.82) is 5.26 Å². The second-order valence-electron chi connectivity index (χ2n) is 5.94. The maximum atomic E-state index is 12.3. The molecule has 0 saturated heterocycles. The average molecular weight is 273 g/mol. The maximum absolute atomic E-state index is 12.3. The van der Waals surface area contributed by atoms with Gasteiger partial charge in [0.2, 0.25) is 0 Å². The van der Waals surface area contributed by atoms with Crippen molar-refractivity contribution in [3.63, 3.8) is 0 Å². The van der Waals surface area contributed by atoms with Gasteiger partial charge in [-0.3, -0.25) is 4.90 Å². The summed E-state index contributed by atoms with van der Waals surface area (Å²) in [6.45, 7) is 5.91. The van der Waals surface area contributed by atoms with E-state index in [2.05, 4.69) is 6.07 Å². The molecule has 0 aromatic heterocycles. The van der Waals surface area contributed by atoms with Crippen molar-refractivity contribution in [3.8, 4) is 6.07 Å². The van der Waals surface area contributed by atoms with Crippen molar-refractivity contribution in [1.82, 2.24) is 4.90 Å². The van der Waals surface area contributed by atoms with Gasteiger partial charge in [0.15, 0.2) is 0 Å². The molecule has 0 aliphatic carbocycles. The van der Waals surface area contributed by atoms with Crippen LogP contribution in [0.2, 0.25) is 0 Å². The molecule has 2 rings (SSSR count). The molecule has 0 radical (unpaired) electrons. The van der Waals surface area contributed by atoms with Gasteiger partial charge in [0, 0.05) is 5.69 Å². The lowest BCUT2D eigenvalue weighted by Gasteiger charge is -2.27. The first-order valence-corrected chi connectivity index (χ1v) is 6.56. The van der Waals surface area contributed by atoms with E-state index in [1.807, 2.05) is 32.9 Å². The molecule has 1 atom stereocenters. The van der Waals surface area contributed by atoms with Crippen LogP contribution >= 0.6 is 0 Å². The van der Waals surface area contributed by atoms with Crippen LogP contribution in [0.1, 0.15) is 44.4 Å². The summed E-state index contributed by atoms with van der Waals surface area (Å²) >= 11 is 0. The number of hydrogen-bond donors (Lipinski definition) is 1. The highest BCUT2D eigenvalue weighted by Gasteiger charge is 2.35. The zero-order valence-corrected chi connectivity index (χ0v) is 12.0. The molecular weight excluding hydrogens is 254 g/mol. The molecule has 5 heteroatoms. The van der Waals surface area contributed by atoms with Crippen LogP contribution in [0, 0.1) is 11.3 Å². The molecule has 1 aliphatic rings. The first-order valence-electron chi connectivity index (χ1n) is 6.56. The van der Waals surface area contributed by atoms with Crippen LogP contribution in [0.5, 0.6) is 0 Å². The number of ether oxygens (including phenoxy) is 1. The molecule has 1 aliphatic heterocycles. The second-order valence-corrected chi connectivity index (χ2v) is 5.94. The van der Waals surface area contributed by atoms with Crippen LogP contribution in [0.25, 0.3) is 0 Å². The number of carbonyl (C=O) groups is 1. The van der Waals surface area contributed by atoms with Crippen LogP contribution in [0.4, 0.5) is 10.5 Å². The second kappa shape index (κ2) is 5.04. The Morgan fingerprint density at radius 1 is 1.55 bits per heavy atom. The monoisotopic (exact) mass is 273 g/mol. The number of carbonyl (C=O) groups excluding carboxylic acids is 1. The lowest BCUT2D eigenvalue weighted by molar-refractivity contribution is 0.0176. The van der Waals surface area contributed by atoms with Crippen molar-refractivity contribution < 1.29 is 9.53 Å². The minimum atomic E-state index is -0.553. The van der Waals surface area contributed by atoms with Gasteiger partial charge in [0.05, 0.1) is 25.1 Å². The van der Waals surface area contributed by atoms with Crippen molar-refractivity contribution in [3.05, 3.63) is 29.3 Å². The number of anilines is 1. The highest BCUT2D eigenvalue weighted by atomic mass is 16.6. The Hall–Kier alpha value is -2.22. The minimum Gasteiger partial charge on any atom is -0.444 e. The molecule has 0 spiro atoms. The summed E-state index contributed by atoms with van der Waals surface area (Å²) in [5.41, 5.74) is 7.84. The van der Waals surface area contributed by atoms with E-state index in [0.717, 1.165) is 11.1 Å². The minimum absolute atomic E-state index is 0.246. The SMILES string of the molecule is CC(C)(C)OC(=O)N1Cc2cc(N)ccc2C1CC#N. The average Bonchev–Trinajstić information content (AvgIpc) is 2.66. The van der Waals surface area contributed by atoms with Crippen LogP contribution < -0.4 is 5.73 Å².